The predicted molar refractivity (Wildman–Crippen MR) is 134 cm³/mol. The Bertz CT molecular complexity index is 1370. The molecule has 5 rings (SSSR count). The Morgan fingerprint density at radius 1 is 1.00 bits per heavy atom. The van der Waals surface area contributed by atoms with E-state index in [4.69, 9.17) is 4.98 Å². The highest BCUT2D eigenvalue weighted by molar-refractivity contribution is 5.89. The molecule has 0 aliphatic carbocycles. The van der Waals surface area contributed by atoms with Gasteiger partial charge in [-0.3, -0.25) is 4.40 Å². The SMILES string of the molecule is Cl.N#Cc1c(-c2ccc(C(F)(F)F)cc2)cc(NCCN2CCCCC2)n2c1nc1ccccc12. The molecule has 9 heteroatoms. The third-order valence-electron chi connectivity index (χ3n) is 6.39. The van der Waals surface area contributed by atoms with E-state index in [9.17, 15) is 18.4 Å². The molecule has 1 saturated heterocycles. The number of hydrogen-bond acceptors (Lipinski definition) is 4. The lowest BCUT2D eigenvalue weighted by molar-refractivity contribution is -0.137. The van der Waals surface area contributed by atoms with E-state index in [-0.39, 0.29) is 12.4 Å². The normalized spacial score (nSPS) is 14.6. The minimum Gasteiger partial charge on any atom is -0.370 e. The molecule has 3 heterocycles. The van der Waals surface area contributed by atoms with Gasteiger partial charge in [0, 0.05) is 18.7 Å². The van der Waals surface area contributed by atoms with Crippen LogP contribution in [0, 0.1) is 11.3 Å². The van der Waals surface area contributed by atoms with Crippen LogP contribution in [0.25, 0.3) is 27.8 Å². The van der Waals surface area contributed by atoms with Crippen molar-refractivity contribution >= 4 is 34.9 Å². The standard InChI is InChI=1S/C26H24F3N5.ClH/c27-26(28,29)19-10-8-18(9-11-19)20-16-24(31-12-15-33-13-4-1-5-14-33)34-23-7-3-2-6-22(23)32-25(34)21(20)17-30;/h2-3,6-11,16,31H,1,4-5,12-15H2;1H. The smallest absolute Gasteiger partial charge is 0.370 e. The Balaban J connectivity index is 0.00000289. The van der Waals surface area contributed by atoms with Gasteiger partial charge < -0.3 is 10.2 Å². The number of rotatable bonds is 5. The van der Waals surface area contributed by atoms with Crippen molar-refractivity contribution in [3.05, 3.63) is 65.7 Å². The second kappa shape index (κ2) is 10.1. The lowest BCUT2D eigenvalue weighted by Gasteiger charge is -2.26. The van der Waals surface area contributed by atoms with Crippen LogP contribution in [-0.4, -0.2) is 40.5 Å². The quantitative estimate of drug-likeness (QED) is 0.347. The van der Waals surface area contributed by atoms with Gasteiger partial charge in [-0.15, -0.1) is 12.4 Å². The molecule has 0 bridgehead atoms. The van der Waals surface area contributed by atoms with Crippen LogP contribution in [0.4, 0.5) is 19.0 Å². The lowest BCUT2D eigenvalue weighted by Crippen LogP contribution is -2.33. The number of benzene rings is 2. The van der Waals surface area contributed by atoms with Crippen molar-refractivity contribution in [1.29, 1.82) is 5.26 Å². The first-order chi connectivity index (χ1) is 16.5. The number of anilines is 1. The zero-order valence-electron chi connectivity index (χ0n) is 19.0. The van der Waals surface area contributed by atoms with E-state index in [1.807, 2.05) is 34.7 Å². The van der Waals surface area contributed by atoms with Gasteiger partial charge in [0.15, 0.2) is 5.65 Å². The number of aromatic nitrogens is 2. The molecule has 0 spiro atoms. The van der Waals surface area contributed by atoms with E-state index in [1.54, 1.807) is 0 Å². The summed E-state index contributed by atoms with van der Waals surface area (Å²) in [6, 6.07) is 16.6. The van der Waals surface area contributed by atoms with Crippen LogP contribution in [-0.2, 0) is 6.18 Å². The van der Waals surface area contributed by atoms with E-state index >= 15 is 0 Å². The number of piperidine rings is 1. The van der Waals surface area contributed by atoms with E-state index in [0.29, 0.717) is 28.9 Å². The van der Waals surface area contributed by atoms with Gasteiger partial charge >= 0.3 is 6.18 Å². The number of nitrogens with one attached hydrogen (secondary N) is 1. The molecule has 0 radical (unpaired) electrons. The van der Waals surface area contributed by atoms with Gasteiger partial charge in [0.2, 0.25) is 0 Å². The summed E-state index contributed by atoms with van der Waals surface area (Å²) in [4.78, 5) is 7.13. The summed E-state index contributed by atoms with van der Waals surface area (Å²) in [5.41, 5.74) is 2.81. The Hall–Kier alpha value is -3.28. The Labute approximate surface area is 207 Å². The highest BCUT2D eigenvalue weighted by atomic mass is 35.5. The molecule has 0 amide bonds. The lowest BCUT2D eigenvalue weighted by atomic mass is 10.00. The largest absolute Gasteiger partial charge is 0.416 e. The molecule has 2 aromatic heterocycles. The van der Waals surface area contributed by atoms with Crippen molar-refractivity contribution in [2.75, 3.05) is 31.5 Å². The van der Waals surface area contributed by atoms with Gasteiger partial charge in [0.25, 0.3) is 0 Å². The number of nitrogens with zero attached hydrogens (tertiary/aromatic N) is 4. The molecular formula is C26H25ClF3N5. The fourth-order valence-corrected chi connectivity index (χ4v) is 4.66. The van der Waals surface area contributed by atoms with Gasteiger partial charge in [0.1, 0.15) is 17.5 Å². The van der Waals surface area contributed by atoms with Crippen LogP contribution in [0.5, 0.6) is 0 Å². The number of para-hydroxylation sites is 2. The Morgan fingerprint density at radius 3 is 2.40 bits per heavy atom. The van der Waals surface area contributed by atoms with Crippen molar-refractivity contribution in [2.45, 2.75) is 25.4 Å². The summed E-state index contributed by atoms with van der Waals surface area (Å²) in [5, 5.41) is 13.5. The number of likely N-dealkylation sites (tertiary alicyclic amines) is 1. The molecule has 1 N–H and O–H groups in total. The van der Waals surface area contributed by atoms with Crippen molar-refractivity contribution in [2.24, 2.45) is 0 Å². The maximum Gasteiger partial charge on any atom is 0.416 e. The van der Waals surface area contributed by atoms with Crippen LogP contribution in [0.3, 0.4) is 0 Å². The number of alkyl halides is 3. The Morgan fingerprint density at radius 2 is 1.71 bits per heavy atom. The van der Waals surface area contributed by atoms with Crippen molar-refractivity contribution in [3.63, 3.8) is 0 Å². The van der Waals surface area contributed by atoms with Crippen molar-refractivity contribution in [1.82, 2.24) is 14.3 Å². The second-order valence-electron chi connectivity index (χ2n) is 8.59. The number of fused-ring (bicyclic) bond motifs is 3. The number of pyridine rings is 1. The number of imidazole rings is 1. The highest BCUT2D eigenvalue weighted by Crippen LogP contribution is 2.35. The zero-order valence-corrected chi connectivity index (χ0v) is 19.8. The third-order valence-corrected chi connectivity index (χ3v) is 6.39. The van der Waals surface area contributed by atoms with Crippen molar-refractivity contribution in [3.8, 4) is 17.2 Å². The molecule has 182 valence electrons. The number of halogens is 4. The summed E-state index contributed by atoms with van der Waals surface area (Å²) in [5.74, 6) is 0.759. The fraction of sp³-hybridized carbons (Fsp3) is 0.308. The summed E-state index contributed by atoms with van der Waals surface area (Å²) < 4.78 is 41.1. The molecule has 4 aromatic rings. The Kier molecular flexibility index (Phi) is 7.20. The molecular weight excluding hydrogens is 475 g/mol. The maximum atomic E-state index is 13.1. The first kappa shape index (κ1) is 24.8. The first-order valence-electron chi connectivity index (χ1n) is 11.4. The van der Waals surface area contributed by atoms with Crippen LogP contribution in [0.1, 0.15) is 30.4 Å². The van der Waals surface area contributed by atoms with Gasteiger partial charge in [-0.1, -0.05) is 30.7 Å². The molecule has 0 atom stereocenters. The second-order valence-corrected chi connectivity index (χ2v) is 8.59. The molecule has 2 aromatic carbocycles. The van der Waals surface area contributed by atoms with Crippen molar-refractivity contribution < 1.29 is 13.2 Å². The topological polar surface area (TPSA) is 56.4 Å². The minimum absolute atomic E-state index is 0. The maximum absolute atomic E-state index is 13.1. The molecule has 0 unspecified atom stereocenters. The van der Waals surface area contributed by atoms with Gasteiger partial charge in [-0.05, 0) is 61.8 Å². The van der Waals surface area contributed by atoms with Gasteiger partial charge in [0.05, 0.1) is 16.6 Å². The molecule has 1 fully saturated rings. The number of hydrogen-bond donors (Lipinski definition) is 1. The van der Waals surface area contributed by atoms with Crippen LogP contribution >= 0.6 is 12.4 Å². The average Bonchev–Trinajstić information content (AvgIpc) is 3.24. The van der Waals surface area contributed by atoms with E-state index in [0.717, 1.165) is 48.6 Å². The fourth-order valence-electron chi connectivity index (χ4n) is 4.66. The molecule has 1 aliphatic rings. The zero-order chi connectivity index (χ0) is 23.7. The summed E-state index contributed by atoms with van der Waals surface area (Å²) in [6.07, 6.45) is -0.711. The predicted octanol–water partition coefficient (Wildman–Crippen LogP) is 6.36. The van der Waals surface area contributed by atoms with Gasteiger partial charge in [-0.25, -0.2) is 4.98 Å². The number of nitriles is 1. The van der Waals surface area contributed by atoms with E-state index in [1.165, 1.54) is 31.4 Å². The molecule has 35 heavy (non-hydrogen) atoms. The molecule has 1 aliphatic heterocycles. The van der Waals surface area contributed by atoms with Crippen LogP contribution < -0.4 is 5.32 Å². The summed E-state index contributed by atoms with van der Waals surface area (Å²) in [6.45, 7) is 3.79. The first-order valence-corrected chi connectivity index (χ1v) is 11.4. The summed E-state index contributed by atoms with van der Waals surface area (Å²) in [7, 11) is 0. The molecule has 0 saturated carbocycles. The highest BCUT2D eigenvalue weighted by Gasteiger charge is 2.30. The summed E-state index contributed by atoms with van der Waals surface area (Å²) >= 11 is 0. The monoisotopic (exact) mass is 499 g/mol. The average molecular weight is 500 g/mol. The van der Waals surface area contributed by atoms with Crippen LogP contribution in [0.2, 0.25) is 0 Å². The van der Waals surface area contributed by atoms with Gasteiger partial charge in [-0.2, -0.15) is 18.4 Å². The van der Waals surface area contributed by atoms with E-state index in [2.05, 4.69) is 16.3 Å². The third kappa shape index (κ3) is 4.93. The molecule has 5 nitrogen and oxygen atoms in total. The van der Waals surface area contributed by atoms with E-state index < -0.39 is 11.7 Å². The van der Waals surface area contributed by atoms with Crippen LogP contribution in [0.15, 0.2) is 54.6 Å². The minimum atomic E-state index is -4.41.